The molecule has 106 valence electrons. The van der Waals surface area contributed by atoms with Crippen molar-refractivity contribution in [2.24, 2.45) is 5.41 Å². The molecule has 2 rings (SSSR count). The van der Waals surface area contributed by atoms with Gasteiger partial charge < -0.3 is 0 Å². The number of hydrogen-bond donors (Lipinski definition) is 0. The predicted octanol–water partition coefficient (Wildman–Crippen LogP) is 4.59. The Kier molecular flexibility index (Phi) is 4.97. The molecule has 0 unspecified atom stereocenters. The lowest BCUT2D eigenvalue weighted by molar-refractivity contribution is 0.140. The maximum absolute atomic E-state index is 3.96. The zero-order valence-corrected chi connectivity index (χ0v) is 12.5. The number of rotatable bonds is 5. The van der Waals surface area contributed by atoms with Gasteiger partial charge in [0.2, 0.25) is 0 Å². The van der Waals surface area contributed by atoms with Crippen molar-refractivity contribution in [3.8, 4) is 0 Å². The first-order chi connectivity index (χ1) is 9.68. The van der Waals surface area contributed by atoms with E-state index in [1.165, 1.54) is 24.0 Å². The van der Waals surface area contributed by atoms with Crippen LogP contribution in [0.3, 0.4) is 0 Å². The lowest BCUT2D eigenvalue weighted by atomic mass is 9.74. The molecule has 0 bridgehead atoms. The summed E-state index contributed by atoms with van der Waals surface area (Å²) in [6.07, 6.45) is 8.35. The van der Waals surface area contributed by atoms with Crippen LogP contribution < -0.4 is 0 Å². The average molecular weight is 267 g/mol. The van der Waals surface area contributed by atoms with E-state index in [4.69, 9.17) is 0 Å². The quantitative estimate of drug-likeness (QED) is 0.705. The smallest absolute Gasteiger partial charge is 0.0233 e. The molecule has 0 N–H and O–H groups in total. The van der Waals surface area contributed by atoms with E-state index in [1.54, 1.807) is 0 Å². The van der Waals surface area contributed by atoms with Crippen LogP contribution in [0.15, 0.2) is 67.3 Å². The van der Waals surface area contributed by atoms with E-state index in [1.807, 2.05) is 12.2 Å². The molecule has 1 aromatic carbocycles. The Bertz CT molecular complexity index is 476. The first-order valence-electron chi connectivity index (χ1n) is 7.40. The summed E-state index contributed by atoms with van der Waals surface area (Å²) < 4.78 is 0. The van der Waals surface area contributed by atoms with Crippen molar-refractivity contribution >= 4 is 0 Å². The molecular formula is C19H25N. The maximum atomic E-state index is 3.96. The molecule has 0 atom stereocenters. The Balaban J connectivity index is 1.96. The summed E-state index contributed by atoms with van der Waals surface area (Å²) >= 11 is 0. The van der Waals surface area contributed by atoms with Gasteiger partial charge in [-0.25, -0.2) is 0 Å². The van der Waals surface area contributed by atoms with Crippen LogP contribution >= 0.6 is 0 Å². The van der Waals surface area contributed by atoms with Crippen molar-refractivity contribution in [3.05, 3.63) is 72.9 Å². The van der Waals surface area contributed by atoms with E-state index < -0.39 is 0 Å². The molecule has 1 saturated heterocycles. The highest BCUT2D eigenvalue weighted by Gasteiger charge is 2.31. The van der Waals surface area contributed by atoms with Gasteiger partial charge in [-0.05, 0) is 42.5 Å². The van der Waals surface area contributed by atoms with Crippen LogP contribution in [0.2, 0.25) is 0 Å². The molecule has 1 aromatic rings. The molecule has 0 aliphatic carbocycles. The molecule has 20 heavy (non-hydrogen) atoms. The van der Waals surface area contributed by atoms with E-state index in [9.17, 15) is 0 Å². The molecule has 1 nitrogen and oxygen atoms in total. The van der Waals surface area contributed by atoms with Gasteiger partial charge in [0.05, 0.1) is 0 Å². The van der Waals surface area contributed by atoms with Gasteiger partial charge in [0, 0.05) is 6.54 Å². The normalized spacial score (nSPS) is 19.6. The van der Waals surface area contributed by atoms with Crippen LogP contribution in [-0.4, -0.2) is 18.0 Å². The zero-order chi connectivity index (χ0) is 14.4. The minimum absolute atomic E-state index is 0.253. The van der Waals surface area contributed by atoms with E-state index in [0.29, 0.717) is 0 Å². The third kappa shape index (κ3) is 3.49. The second-order valence-corrected chi connectivity index (χ2v) is 5.88. The van der Waals surface area contributed by atoms with E-state index in [2.05, 4.69) is 61.4 Å². The molecule has 1 aliphatic heterocycles. The van der Waals surface area contributed by atoms with Crippen LogP contribution in [0.1, 0.15) is 25.3 Å². The summed E-state index contributed by atoms with van der Waals surface area (Å²) in [5, 5.41) is 0. The third-order valence-electron chi connectivity index (χ3n) is 4.42. The van der Waals surface area contributed by atoms with Gasteiger partial charge in [-0.3, -0.25) is 4.90 Å². The van der Waals surface area contributed by atoms with Crippen molar-refractivity contribution in [3.63, 3.8) is 0 Å². The van der Waals surface area contributed by atoms with Gasteiger partial charge in [-0.1, -0.05) is 68.6 Å². The average Bonchev–Trinajstić information content (AvgIpc) is 2.48. The summed E-state index contributed by atoms with van der Waals surface area (Å²) in [6, 6.07) is 10.7. The molecule has 0 amide bonds. The summed E-state index contributed by atoms with van der Waals surface area (Å²) in [5.41, 5.74) is 2.98. The lowest BCUT2D eigenvalue weighted by Crippen LogP contribution is -2.38. The van der Waals surface area contributed by atoms with Crippen LogP contribution in [0.4, 0.5) is 0 Å². The Morgan fingerprint density at radius 3 is 2.40 bits per heavy atom. The van der Waals surface area contributed by atoms with Crippen molar-refractivity contribution in [2.45, 2.75) is 26.3 Å². The first-order valence-corrected chi connectivity index (χ1v) is 7.40. The molecule has 0 radical (unpaired) electrons. The Labute approximate surface area is 123 Å². The van der Waals surface area contributed by atoms with Gasteiger partial charge >= 0.3 is 0 Å². The Morgan fingerprint density at radius 1 is 1.20 bits per heavy atom. The van der Waals surface area contributed by atoms with E-state index in [0.717, 1.165) is 19.6 Å². The van der Waals surface area contributed by atoms with Gasteiger partial charge in [-0.15, -0.1) is 0 Å². The van der Waals surface area contributed by atoms with E-state index in [-0.39, 0.29) is 5.41 Å². The predicted molar refractivity (Wildman–Crippen MR) is 87.5 cm³/mol. The van der Waals surface area contributed by atoms with Gasteiger partial charge in [0.1, 0.15) is 0 Å². The highest BCUT2D eigenvalue weighted by Crippen LogP contribution is 2.39. The first kappa shape index (κ1) is 14.8. The highest BCUT2D eigenvalue weighted by molar-refractivity contribution is 5.29. The molecule has 0 spiro atoms. The lowest BCUT2D eigenvalue weighted by Gasteiger charge is -2.40. The number of benzene rings is 1. The largest absolute Gasteiger partial charge is 0.299 e. The third-order valence-corrected chi connectivity index (χ3v) is 4.42. The summed E-state index contributed by atoms with van der Waals surface area (Å²) in [4.78, 5) is 2.55. The topological polar surface area (TPSA) is 3.24 Å². The van der Waals surface area contributed by atoms with Crippen LogP contribution in [0.5, 0.6) is 0 Å². The number of nitrogens with zero attached hydrogens (tertiary/aromatic N) is 1. The van der Waals surface area contributed by atoms with Crippen molar-refractivity contribution in [1.29, 1.82) is 0 Å². The second-order valence-electron chi connectivity index (χ2n) is 5.88. The monoisotopic (exact) mass is 267 g/mol. The fourth-order valence-corrected chi connectivity index (χ4v) is 2.98. The van der Waals surface area contributed by atoms with Crippen molar-refractivity contribution in [2.75, 3.05) is 13.1 Å². The molecule has 1 aliphatic rings. The van der Waals surface area contributed by atoms with Gasteiger partial charge in [-0.2, -0.15) is 0 Å². The van der Waals surface area contributed by atoms with E-state index >= 15 is 0 Å². The number of likely N-dealkylation sites (tertiary alicyclic amines) is 1. The Morgan fingerprint density at radius 2 is 1.85 bits per heavy atom. The fraction of sp³-hybridized carbons (Fsp3) is 0.368. The maximum Gasteiger partial charge on any atom is 0.0233 e. The van der Waals surface area contributed by atoms with Crippen LogP contribution in [0, 0.1) is 5.41 Å². The van der Waals surface area contributed by atoms with Gasteiger partial charge in [0.25, 0.3) is 0 Å². The SMILES string of the molecule is C=CC=C(C=C)C1(C)CCN(Cc2ccccc2)CC1. The molecule has 0 aromatic heterocycles. The van der Waals surface area contributed by atoms with Crippen molar-refractivity contribution in [1.82, 2.24) is 4.90 Å². The molecule has 0 saturated carbocycles. The summed E-state index contributed by atoms with van der Waals surface area (Å²) in [7, 11) is 0. The van der Waals surface area contributed by atoms with Crippen molar-refractivity contribution < 1.29 is 0 Å². The van der Waals surface area contributed by atoms with Crippen LogP contribution in [-0.2, 0) is 6.54 Å². The summed E-state index contributed by atoms with van der Waals surface area (Å²) in [5.74, 6) is 0. The molecule has 1 fully saturated rings. The molecular weight excluding hydrogens is 242 g/mol. The summed E-state index contributed by atoms with van der Waals surface area (Å²) in [6.45, 7) is 13.5. The fourth-order valence-electron chi connectivity index (χ4n) is 2.98. The molecule has 1 heterocycles. The standard InChI is InChI=1S/C19H25N/c1-4-9-18(5-2)19(3)12-14-20(15-13-19)16-17-10-7-6-8-11-17/h4-11H,1-2,12-16H2,3H3. The highest BCUT2D eigenvalue weighted by atomic mass is 15.1. The Hall–Kier alpha value is -1.60. The van der Waals surface area contributed by atoms with Gasteiger partial charge in [0.15, 0.2) is 0 Å². The number of allylic oxidation sites excluding steroid dienone is 4. The zero-order valence-electron chi connectivity index (χ0n) is 12.5. The second kappa shape index (κ2) is 6.71. The minimum Gasteiger partial charge on any atom is -0.299 e. The number of piperidine rings is 1. The van der Waals surface area contributed by atoms with Crippen LogP contribution in [0.25, 0.3) is 0 Å². The minimum atomic E-state index is 0.253. The molecule has 1 heteroatoms. The number of hydrogen-bond acceptors (Lipinski definition) is 1.